The third-order valence-electron chi connectivity index (χ3n) is 3.03. The van der Waals surface area contributed by atoms with E-state index < -0.39 is 0 Å². The van der Waals surface area contributed by atoms with Gasteiger partial charge in [0.1, 0.15) is 0 Å². The van der Waals surface area contributed by atoms with Gasteiger partial charge in [-0.1, -0.05) is 28.1 Å². The standard InChI is InChI=1S/C14H12BrN3S/c1-8-4-5-9(15)7-10(8)13-12(14(16)18-17-13)11-3-2-6-19-11/h2-7H,1H3,(H3,16,17,18). The largest absolute Gasteiger partial charge is 0.382 e. The number of nitrogens with one attached hydrogen (secondary N) is 1. The van der Waals surface area contributed by atoms with E-state index in [1.807, 2.05) is 17.5 Å². The molecule has 0 atom stereocenters. The molecule has 0 radical (unpaired) electrons. The number of thiophene rings is 1. The third-order valence-corrected chi connectivity index (χ3v) is 4.41. The molecule has 5 heteroatoms. The summed E-state index contributed by atoms with van der Waals surface area (Å²) in [5, 5.41) is 9.26. The number of rotatable bonds is 2. The second kappa shape index (κ2) is 4.83. The Hall–Kier alpha value is -1.59. The summed E-state index contributed by atoms with van der Waals surface area (Å²) in [6.45, 7) is 2.08. The number of nitrogens with two attached hydrogens (primary N) is 1. The molecule has 3 rings (SSSR count). The predicted octanol–water partition coefficient (Wildman–Crippen LogP) is 4.46. The van der Waals surface area contributed by atoms with Crippen molar-refractivity contribution in [1.29, 1.82) is 0 Å². The molecule has 0 unspecified atom stereocenters. The smallest absolute Gasteiger partial charge is 0.154 e. The van der Waals surface area contributed by atoms with Crippen LogP contribution < -0.4 is 5.73 Å². The summed E-state index contributed by atoms with van der Waals surface area (Å²) < 4.78 is 1.04. The number of benzene rings is 1. The van der Waals surface area contributed by atoms with Crippen molar-refractivity contribution < 1.29 is 0 Å². The van der Waals surface area contributed by atoms with E-state index in [-0.39, 0.29) is 0 Å². The van der Waals surface area contributed by atoms with Crippen molar-refractivity contribution in [1.82, 2.24) is 10.2 Å². The first kappa shape index (κ1) is 12.4. The van der Waals surface area contributed by atoms with Gasteiger partial charge in [0.05, 0.1) is 11.3 Å². The molecule has 3 N–H and O–H groups in total. The number of aromatic nitrogens is 2. The van der Waals surface area contributed by atoms with Gasteiger partial charge in [0.25, 0.3) is 0 Å². The van der Waals surface area contributed by atoms with Crippen LogP contribution in [0.5, 0.6) is 0 Å². The van der Waals surface area contributed by atoms with Gasteiger partial charge in [-0.05, 0) is 36.1 Å². The first-order valence-electron chi connectivity index (χ1n) is 5.81. The van der Waals surface area contributed by atoms with Gasteiger partial charge in [-0.15, -0.1) is 11.3 Å². The van der Waals surface area contributed by atoms with Crippen LogP contribution >= 0.6 is 27.3 Å². The maximum absolute atomic E-state index is 6.01. The highest BCUT2D eigenvalue weighted by atomic mass is 79.9. The molecule has 0 aliphatic rings. The molecule has 3 aromatic rings. The molecule has 0 aliphatic carbocycles. The Morgan fingerprint density at radius 2 is 2.16 bits per heavy atom. The highest BCUT2D eigenvalue weighted by Crippen LogP contribution is 2.38. The van der Waals surface area contributed by atoms with Crippen molar-refractivity contribution in [3.8, 4) is 21.7 Å². The van der Waals surface area contributed by atoms with Crippen LogP contribution in [-0.4, -0.2) is 10.2 Å². The predicted molar refractivity (Wildman–Crippen MR) is 84.2 cm³/mol. The summed E-state index contributed by atoms with van der Waals surface area (Å²) in [4.78, 5) is 1.13. The zero-order valence-corrected chi connectivity index (χ0v) is 12.7. The van der Waals surface area contributed by atoms with Crippen molar-refractivity contribution in [2.45, 2.75) is 6.92 Å². The summed E-state index contributed by atoms with van der Waals surface area (Å²) in [6.07, 6.45) is 0. The Morgan fingerprint density at radius 1 is 1.32 bits per heavy atom. The number of nitrogen functional groups attached to an aromatic ring is 1. The molecule has 3 nitrogen and oxygen atoms in total. The fourth-order valence-corrected chi connectivity index (χ4v) is 3.23. The Morgan fingerprint density at radius 3 is 2.89 bits per heavy atom. The highest BCUT2D eigenvalue weighted by Gasteiger charge is 2.17. The van der Waals surface area contributed by atoms with Gasteiger partial charge in [-0.2, -0.15) is 5.10 Å². The number of hydrogen-bond donors (Lipinski definition) is 2. The number of aryl methyl sites for hydroxylation is 1. The van der Waals surface area contributed by atoms with Crippen LogP contribution in [0.2, 0.25) is 0 Å². The van der Waals surface area contributed by atoms with E-state index in [1.54, 1.807) is 11.3 Å². The molecule has 1 aromatic carbocycles. The lowest BCUT2D eigenvalue weighted by Crippen LogP contribution is -1.88. The van der Waals surface area contributed by atoms with Crippen molar-refractivity contribution >= 4 is 33.1 Å². The Balaban J connectivity index is 2.24. The van der Waals surface area contributed by atoms with E-state index >= 15 is 0 Å². The number of anilines is 1. The molecule has 0 amide bonds. The maximum atomic E-state index is 6.01. The Labute approximate surface area is 123 Å². The van der Waals surface area contributed by atoms with E-state index in [4.69, 9.17) is 5.73 Å². The topological polar surface area (TPSA) is 54.7 Å². The minimum Gasteiger partial charge on any atom is -0.382 e. The Bertz CT molecular complexity index is 716. The van der Waals surface area contributed by atoms with E-state index in [2.05, 4.69) is 51.3 Å². The summed E-state index contributed by atoms with van der Waals surface area (Å²) in [5.74, 6) is 0.539. The van der Waals surface area contributed by atoms with Gasteiger partial charge in [-0.3, -0.25) is 5.10 Å². The van der Waals surface area contributed by atoms with Gasteiger partial charge in [-0.25, -0.2) is 0 Å². The lowest BCUT2D eigenvalue weighted by Gasteiger charge is -2.07. The summed E-state index contributed by atoms with van der Waals surface area (Å²) in [7, 11) is 0. The minimum atomic E-state index is 0.539. The van der Waals surface area contributed by atoms with Crippen LogP contribution in [0.25, 0.3) is 21.7 Å². The number of H-pyrrole nitrogens is 1. The molecule has 19 heavy (non-hydrogen) atoms. The molecule has 0 aliphatic heterocycles. The summed E-state index contributed by atoms with van der Waals surface area (Å²) in [5.41, 5.74) is 10.3. The average molecular weight is 334 g/mol. The maximum Gasteiger partial charge on any atom is 0.154 e. The number of aromatic amines is 1. The lowest BCUT2D eigenvalue weighted by molar-refractivity contribution is 1.10. The van der Waals surface area contributed by atoms with Gasteiger partial charge < -0.3 is 5.73 Å². The fraction of sp³-hybridized carbons (Fsp3) is 0.0714. The second-order valence-corrected chi connectivity index (χ2v) is 6.16. The zero-order chi connectivity index (χ0) is 13.4. The van der Waals surface area contributed by atoms with Gasteiger partial charge >= 0.3 is 0 Å². The first-order valence-corrected chi connectivity index (χ1v) is 7.48. The minimum absolute atomic E-state index is 0.539. The molecule has 0 saturated heterocycles. The van der Waals surface area contributed by atoms with Gasteiger partial charge in [0.2, 0.25) is 0 Å². The van der Waals surface area contributed by atoms with Crippen LogP contribution in [0.15, 0.2) is 40.2 Å². The van der Waals surface area contributed by atoms with Crippen LogP contribution in [-0.2, 0) is 0 Å². The third kappa shape index (κ3) is 2.19. The van der Waals surface area contributed by atoms with Crippen molar-refractivity contribution in [2.75, 3.05) is 5.73 Å². The lowest BCUT2D eigenvalue weighted by atomic mass is 10.0. The van der Waals surface area contributed by atoms with Crippen LogP contribution in [0.3, 0.4) is 0 Å². The zero-order valence-electron chi connectivity index (χ0n) is 10.3. The van der Waals surface area contributed by atoms with Gasteiger partial charge in [0.15, 0.2) is 5.82 Å². The molecular formula is C14H12BrN3S. The molecule has 0 saturated carbocycles. The number of nitrogens with zero attached hydrogens (tertiary/aromatic N) is 1. The van der Waals surface area contributed by atoms with E-state index in [9.17, 15) is 0 Å². The van der Waals surface area contributed by atoms with E-state index in [0.29, 0.717) is 5.82 Å². The van der Waals surface area contributed by atoms with Crippen LogP contribution in [0.1, 0.15) is 5.56 Å². The van der Waals surface area contributed by atoms with Gasteiger partial charge in [0, 0.05) is 14.9 Å². The van der Waals surface area contributed by atoms with E-state index in [0.717, 1.165) is 26.2 Å². The quantitative estimate of drug-likeness (QED) is 0.727. The second-order valence-electron chi connectivity index (χ2n) is 4.30. The summed E-state index contributed by atoms with van der Waals surface area (Å²) >= 11 is 5.17. The molecule has 0 fully saturated rings. The molecular weight excluding hydrogens is 322 g/mol. The molecule has 0 bridgehead atoms. The molecule has 96 valence electrons. The number of halogens is 1. The fourth-order valence-electron chi connectivity index (χ4n) is 2.08. The van der Waals surface area contributed by atoms with Crippen LogP contribution in [0.4, 0.5) is 5.82 Å². The van der Waals surface area contributed by atoms with E-state index in [1.165, 1.54) is 5.56 Å². The summed E-state index contributed by atoms with van der Waals surface area (Å²) in [6, 6.07) is 10.3. The average Bonchev–Trinajstić information content (AvgIpc) is 3.01. The van der Waals surface area contributed by atoms with Crippen LogP contribution in [0, 0.1) is 6.92 Å². The normalized spacial score (nSPS) is 10.8. The Kier molecular flexibility index (Phi) is 3.16. The first-order chi connectivity index (χ1) is 9.16. The van der Waals surface area contributed by atoms with Crippen molar-refractivity contribution in [2.24, 2.45) is 0 Å². The molecule has 0 spiro atoms. The molecule has 2 heterocycles. The SMILES string of the molecule is Cc1ccc(Br)cc1-c1[nH]nc(N)c1-c1cccs1. The molecule has 2 aromatic heterocycles. The van der Waals surface area contributed by atoms with Crippen molar-refractivity contribution in [3.05, 3.63) is 45.7 Å². The van der Waals surface area contributed by atoms with Crippen molar-refractivity contribution in [3.63, 3.8) is 0 Å². The highest BCUT2D eigenvalue weighted by molar-refractivity contribution is 9.10. The monoisotopic (exact) mass is 333 g/mol. The number of hydrogen-bond acceptors (Lipinski definition) is 3.